The van der Waals surface area contributed by atoms with Gasteiger partial charge in [0.15, 0.2) is 0 Å². The smallest absolute Gasteiger partial charge is 0.246 e. The number of rotatable bonds is 4. The topological polar surface area (TPSA) is 41.5 Å². The van der Waals surface area contributed by atoms with Crippen molar-refractivity contribution in [3.8, 4) is 0 Å². The number of benzodiazepines with no additional fused rings is 1. The predicted octanol–water partition coefficient (Wildman–Crippen LogP) is 3.18. The van der Waals surface area contributed by atoms with Crippen molar-refractivity contribution in [2.45, 2.75) is 39.5 Å². The van der Waals surface area contributed by atoms with E-state index in [0.717, 1.165) is 23.4 Å². The molecule has 0 fully saturated rings. The van der Waals surface area contributed by atoms with Gasteiger partial charge in [-0.2, -0.15) is 0 Å². The molecule has 96 valence electrons. The molecule has 0 spiro atoms. The molecule has 0 bridgehead atoms. The van der Waals surface area contributed by atoms with Crippen molar-refractivity contribution in [2.24, 2.45) is 4.99 Å². The van der Waals surface area contributed by atoms with Gasteiger partial charge in [0.05, 0.1) is 5.69 Å². The molecule has 0 aliphatic carbocycles. The SMILES string of the molecule is CCCCCc1cccc2c1NC(=O)CN=C2C. The lowest BCUT2D eigenvalue weighted by molar-refractivity contribution is -0.114. The molecule has 0 atom stereocenters. The largest absolute Gasteiger partial charge is 0.324 e. The maximum Gasteiger partial charge on any atom is 0.246 e. The second kappa shape index (κ2) is 5.80. The summed E-state index contributed by atoms with van der Waals surface area (Å²) in [6, 6.07) is 6.19. The summed E-state index contributed by atoms with van der Waals surface area (Å²) in [6.07, 6.45) is 4.62. The highest BCUT2D eigenvalue weighted by Gasteiger charge is 2.16. The Morgan fingerprint density at radius 1 is 1.33 bits per heavy atom. The van der Waals surface area contributed by atoms with Gasteiger partial charge in [-0.05, 0) is 25.3 Å². The summed E-state index contributed by atoms with van der Waals surface area (Å²) in [5, 5.41) is 2.99. The van der Waals surface area contributed by atoms with Gasteiger partial charge >= 0.3 is 0 Å². The zero-order valence-corrected chi connectivity index (χ0v) is 11.1. The molecule has 1 N–H and O–H groups in total. The molecular formula is C15H20N2O. The molecule has 3 heteroatoms. The van der Waals surface area contributed by atoms with E-state index in [-0.39, 0.29) is 12.5 Å². The van der Waals surface area contributed by atoms with Crippen LogP contribution in [-0.4, -0.2) is 18.2 Å². The second-order valence-electron chi connectivity index (χ2n) is 4.75. The van der Waals surface area contributed by atoms with E-state index in [4.69, 9.17) is 0 Å². The van der Waals surface area contributed by atoms with E-state index >= 15 is 0 Å². The molecule has 0 saturated carbocycles. The Balaban J connectivity index is 2.31. The first-order valence-electron chi connectivity index (χ1n) is 6.65. The van der Waals surface area contributed by atoms with Gasteiger partial charge in [0.25, 0.3) is 0 Å². The quantitative estimate of drug-likeness (QED) is 0.812. The third kappa shape index (κ3) is 2.78. The summed E-state index contributed by atoms with van der Waals surface area (Å²) in [7, 11) is 0. The third-order valence-electron chi connectivity index (χ3n) is 3.31. The molecule has 1 aliphatic rings. The van der Waals surface area contributed by atoms with Gasteiger partial charge in [-0.1, -0.05) is 38.0 Å². The van der Waals surface area contributed by atoms with Gasteiger partial charge in [-0.3, -0.25) is 9.79 Å². The van der Waals surface area contributed by atoms with Crippen LogP contribution < -0.4 is 5.32 Å². The monoisotopic (exact) mass is 244 g/mol. The zero-order valence-electron chi connectivity index (χ0n) is 11.1. The number of carbonyl (C=O) groups excluding carboxylic acids is 1. The Bertz CT molecular complexity index is 477. The van der Waals surface area contributed by atoms with Gasteiger partial charge in [0, 0.05) is 11.3 Å². The first kappa shape index (κ1) is 12.8. The fourth-order valence-corrected chi connectivity index (χ4v) is 2.28. The highest BCUT2D eigenvalue weighted by Crippen LogP contribution is 2.25. The molecule has 1 aromatic rings. The second-order valence-corrected chi connectivity index (χ2v) is 4.75. The molecule has 0 unspecified atom stereocenters. The summed E-state index contributed by atoms with van der Waals surface area (Å²) >= 11 is 0. The van der Waals surface area contributed by atoms with Crippen LogP contribution >= 0.6 is 0 Å². The van der Waals surface area contributed by atoms with Crippen LogP contribution in [0.4, 0.5) is 5.69 Å². The van der Waals surface area contributed by atoms with Crippen molar-refractivity contribution in [3.63, 3.8) is 0 Å². The molecule has 3 nitrogen and oxygen atoms in total. The van der Waals surface area contributed by atoms with Crippen LogP contribution in [-0.2, 0) is 11.2 Å². The summed E-state index contributed by atoms with van der Waals surface area (Å²) in [5.41, 5.74) is 4.21. The van der Waals surface area contributed by atoms with Crippen LogP contribution in [0.25, 0.3) is 0 Å². The van der Waals surface area contributed by atoms with E-state index in [1.165, 1.54) is 24.8 Å². The normalized spacial score (nSPS) is 14.6. The first-order valence-corrected chi connectivity index (χ1v) is 6.65. The molecular weight excluding hydrogens is 224 g/mol. The number of fused-ring (bicyclic) bond motifs is 1. The molecule has 0 radical (unpaired) electrons. The Hall–Kier alpha value is -1.64. The average molecular weight is 244 g/mol. The lowest BCUT2D eigenvalue weighted by Gasteiger charge is -2.13. The van der Waals surface area contributed by atoms with Gasteiger partial charge in [0.2, 0.25) is 5.91 Å². The summed E-state index contributed by atoms with van der Waals surface area (Å²) < 4.78 is 0. The maximum absolute atomic E-state index is 11.7. The van der Waals surface area contributed by atoms with Gasteiger partial charge < -0.3 is 5.32 Å². The van der Waals surface area contributed by atoms with Crippen molar-refractivity contribution >= 4 is 17.3 Å². The van der Waals surface area contributed by atoms with Gasteiger partial charge in [0.1, 0.15) is 6.54 Å². The van der Waals surface area contributed by atoms with Crippen LogP contribution in [0.15, 0.2) is 23.2 Å². The number of aryl methyl sites for hydroxylation is 1. The minimum atomic E-state index is -0.0176. The van der Waals surface area contributed by atoms with E-state index in [9.17, 15) is 4.79 Å². The fraction of sp³-hybridized carbons (Fsp3) is 0.467. The number of nitrogens with zero attached hydrogens (tertiary/aromatic N) is 1. The van der Waals surface area contributed by atoms with E-state index in [1.807, 2.05) is 13.0 Å². The van der Waals surface area contributed by atoms with Crippen LogP contribution in [0, 0.1) is 0 Å². The molecule has 1 aromatic carbocycles. The minimum Gasteiger partial charge on any atom is -0.324 e. The van der Waals surface area contributed by atoms with Crippen LogP contribution in [0.1, 0.15) is 44.2 Å². The maximum atomic E-state index is 11.7. The molecule has 1 heterocycles. The van der Waals surface area contributed by atoms with E-state index in [2.05, 4.69) is 29.4 Å². The molecule has 0 aromatic heterocycles. The van der Waals surface area contributed by atoms with Crippen molar-refractivity contribution in [1.82, 2.24) is 0 Å². The van der Waals surface area contributed by atoms with Gasteiger partial charge in [-0.25, -0.2) is 0 Å². The standard InChI is InChI=1S/C15H20N2O/c1-3-4-5-7-12-8-6-9-13-11(2)16-10-14(18)17-15(12)13/h6,8-9H,3-5,7,10H2,1-2H3,(H,17,18). The fourth-order valence-electron chi connectivity index (χ4n) is 2.28. The Morgan fingerprint density at radius 3 is 2.94 bits per heavy atom. The predicted molar refractivity (Wildman–Crippen MR) is 75.4 cm³/mol. The molecule has 1 aliphatic heterocycles. The molecule has 0 saturated heterocycles. The van der Waals surface area contributed by atoms with Crippen molar-refractivity contribution in [2.75, 3.05) is 11.9 Å². The highest BCUT2D eigenvalue weighted by atomic mass is 16.1. The number of nitrogens with one attached hydrogen (secondary N) is 1. The van der Waals surface area contributed by atoms with Crippen molar-refractivity contribution in [3.05, 3.63) is 29.3 Å². The first-order chi connectivity index (χ1) is 8.72. The van der Waals surface area contributed by atoms with Crippen LogP contribution in [0.3, 0.4) is 0 Å². The van der Waals surface area contributed by atoms with E-state index in [0.29, 0.717) is 0 Å². The van der Waals surface area contributed by atoms with Crippen molar-refractivity contribution in [1.29, 1.82) is 0 Å². The number of amides is 1. The lowest BCUT2D eigenvalue weighted by Crippen LogP contribution is -2.15. The van der Waals surface area contributed by atoms with E-state index < -0.39 is 0 Å². The number of anilines is 1. The minimum absolute atomic E-state index is 0.0176. The number of para-hydroxylation sites is 1. The third-order valence-corrected chi connectivity index (χ3v) is 3.31. The Kier molecular flexibility index (Phi) is 4.13. The van der Waals surface area contributed by atoms with E-state index in [1.54, 1.807) is 0 Å². The lowest BCUT2D eigenvalue weighted by atomic mass is 9.99. The summed E-state index contributed by atoms with van der Waals surface area (Å²) in [4.78, 5) is 15.9. The number of carbonyl (C=O) groups is 1. The summed E-state index contributed by atoms with van der Waals surface area (Å²) in [6.45, 7) is 4.40. The van der Waals surface area contributed by atoms with Gasteiger partial charge in [-0.15, -0.1) is 0 Å². The number of aliphatic imine (C=N–C) groups is 1. The van der Waals surface area contributed by atoms with Crippen LogP contribution in [0.2, 0.25) is 0 Å². The molecule has 1 amide bonds. The number of unbranched alkanes of at least 4 members (excludes halogenated alkanes) is 2. The Labute approximate surface area is 108 Å². The summed E-state index contributed by atoms with van der Waals surface area (Å²) in [5.74, 6) is -0.0176. The number of benzene rings is 1. The van der Waals surface area contributed by atoms with Crippen LogP contribution in [0.5, 0.6) is 0 Å². The Morgan fingerprint density at radius 2 is 2.17 bits per heavy atom. The zero-order chi connectivity index (χ0) is 13.0. The molecule has 18 heavy (non-hydrogen) atoms. The highest BCUT2D eigenvalue weighted by molar-refractivity contribution is 6.10. The average Bonchev–Trinajstić information content (AvgIpc) is 2.51. The molecule has 2 rings (SSSR count). The number of hydrogen-bond acceptors (Lipinski definition) is 2. The number of hydrogen-bond donors (Lipinski definition) is 1. The van der Waals surface area contributed by atoms with Crippen molar-refractivity contribution < 1.29 is 4.79 Å².